The molecule has 2 unspecified atom stereocenters. The first kappa shape index (κ1) is 14.0. The van der Waals surface area contributed by atoms with Crippen molar-refractivity contribution >= 4 is 0 Å². The zero-order valence-electron chi connectivity index (χ0n) is 11.7. The fourth-order valence-corrected chi connectivity index (χ4v) is 2.01. The maximum atomic E-state index is 2.41. The minimum Gasteiger partial charge on any atom is -0.0620 e. The Morgan fingerprint density at radius 1 is 0.571 bits per heavy atom. The summed E-state index contributed by atoms with van der Waals surface area (Å²) in [5.74, 6) is 2.34. The average molecular weight is 198 g/mol. The Hall–Kier alpha value is 0. The Labute approximate surface area is 91.5 Å². The van der Waals surface area contributed by atoms with Gasteiger partial charge in [-0.2, -0.15) is 0 Å². The van der Waals surface area contributed by atoms with Crippen molar-refractivity contribution in [2.45, 2.75) is 62.3 Å². The van der Waals surface area contributed by atoms with E-state index in [4.69, 9.17) is 0 Å². The quantitative estimate of drug-likeness (QED) is 0.586. The van der Waals surface area contributed by atoms with Crippen molar-refractivity contribution in [3.63, 3.8) is 0 Å². The standard InChI is InChI=1S/C14H30/c1-10(11(2)13(4,5)6)12(3)14(7,8)9/h10-12H,1-9H3. The first-order valence-corrected chi connectivity index (χ1v) is 5.98. The van der Waals surface area contributed by atoms with Crippen LogP contribution in [0.15, 0.2) is 0 Å². The molecule has 0 heteroatoms. The average Bonchev–Trinajstić information content (AvgIpc) is 1.97. The zero-order valence-corrected chi connectivity index (χ0v) is 11.7. The molecule has 0 saturated carbocycles. The molecule has 0 heterocycles. The lowest BCUT2D eigenvalue weighted by molar-refractivity contribution is 0.0857. The van der Waals surface area contributed by atoms with Crippen LogP contribution in [0, 0.1) is 28.6 Å². The van der Waals surface area contributed by atoms with Crippen molar-refractivity contribution < 1.29 is 0 Å². The van der Waals surface area contributed by atoms with E-state index in [1.54, 1.807) is 0 Å². The van der Waals surface area contributed by atoms with Gasteiger partial charge in [0.25, 0.3) is 0 Å². The highest BCUT2D eigenvalue weighted by molar-refractivity contribution is 4.82. The van der Waals surface area contributed by atoms with Crippen molar-refractivity contribution in [2.75, 3.05) is 0 Å². The van der Waals surface area contributed by atoms with Crippen molar-refractivity contribution in [3.8, 4) is 0 Å². The Morgan fingerprint density at radius 2 is 0.786 bits per heavy atom. The molecule has 0 spiro atoms. The van der Waals surface area contributed by atoms with E-state index in [-0.39, 0.29) is 0 Å². The van der Waals surface area contributed by atoms with Gasteiger partial charge in [0.1, 0.15) is 0 Å². The first-order valence-electron chi connectivity index (χ1n) is 5.98. The molecule has 14 heavy (non-hydrogen) atoms. The van der Waals surface area contributed by atoms with Crippen molar-refractivity contribution in [3.05, 3.63) is 0 Å². The molecule has 0 aromatic rings. The fourth-order valence-electron chi connectivity index (χ4n) is 2.01. The molecule has 2 atom stereocenters. The number of hydrogen-bond acceptors (Lipinski definition) is 0. The van der Waals surface area contributed by atoms with E-state index in [2.05, 4.69) is 62.3 Å². The maximum Gasteiger partial charge on any atom is -0.0354 e. The van der Waals surface area contributed by atoms with Gasteiger partial charge in [-0.1, -0.05) is 62.3 Å². The van der Waals surface area contributed by atoms with Crippen LogP contribution in [0.2, 0.25) is 0 Å². The normalized spacial score (nSPS) is 20.4. The van der Waals surface area contributed by atoms with E-state index in [1.165, 1.54) is 0 Å². The van der Waals surface area contributed by atoms with Crippen LogP contribution >= 0.6 is 0 Å². The van der Waals surface area contributed by atoms with Crippen molar-refractivity contribution in [1.29, 1.82) is 0 Å². The van der Waals surface area contributed by atoms with Crippen LogP contribution in [-0.4, -0.2) is 0 Å². The molecule has 0 aliphatic rings. The van der Waals surface area contributed by atoms with E-state index in [9.17, 15) is 0 Å². The molecule has 0 N–H and O–H groups in total. The summed E-state index contributed by atoms with van der Waals surface area (Å²) in [6.45, 7) is 21.3. The summed E-state index contributed by atoms with van der Waals surface area (Å²) < 4.78 is 0. The molecule has 0 aromatic heterocycles. The molecule has 0 aliphatic heterocycles. The lowest BCUT2D eigenvalue weighted by Crippen LogP contribution is -2.33. The molecule has 0 saturated heterocycles. The molecule has 0 radical (unpaired) electrons. The largest absolute Gasteiger partial charge is 0.0620 e. The summed E-state index contributed by atoms with van der Waals surface area (Å²) in [6, 6.07) is 0. The van der Waals surface area contributed by atoms with Gasteiger partial charge in [-0.25, -0.2) is 0 Å². The van der Waals surface area contributed by atoms with E-state index in [0.717, 1.165) is 17.8 Å². The SMILES string of the molecule is CC(C(C)C(C)(C)C)C(C)C(C)(C)C. The molecule has 0 amide bonds. The second-order valence-electron chi connectivity index (χ2n) is 7.17. The fraction of sp³-hybridized carbons (Fsp3) is 1.00. The first-order chi connectivity index (χ1) is 5.98. The highest BCUT2D eigenvalue weighted by Crippen LogP contribution is 2.41. The lowest BCUT2D eigenvalue weighted by Gasteiger charge is -2.41. The smallest absolute Gasteiger partial charge is 0.0354 e. The van der Waals surface area contributed by atoms with Crippen molar-refractivity contribution in [1.82, 2.24) is 0 Å². The van der Waals surface area contributed by atoms with Crippen LogP contribution in [0.25, 0.3) is 0 Å². The van der Waals surface area contributed by atoms with Gasteiger partial charge in [0, 0.05) is 0 Å². The third-order valence-electron chi connectivity index (χ3n) is 4.31. The summed E-state index contributed by atoms with van der Waals surface area (Å²) in [4.78, 5) is 0. The minimum atomic E-state index is 0.429. The minimum absolute atomic E-state index is 0.429. The van der Waals surface area contributed by atoms with E-state index < -0.39 is 0 Å². The van der Waals surface area contributed by atoms with Gasteiger partial charge in [-0.05, 0) is 28.6 Å². The molecule has 0 fully saturated rings. The maximum absolute atomic E-state index is 2.41. The van der Waals surface area contributed by atoms with Gasteiger partial charge in [-0.15, -0.1) is 0 Å². The predicted octanol–water partition coefficient (Wildman–Crippen LogP) is 4.99. The summed E-state index contributed by atoms with van der Waals surface area (Å²) in [5, 5.41) is 0. The monoisotopic (exact) mass is 198 g/mol. The van der Waals surface area contributed by atoms with Crippen LogP contribution in [-0.2, 0) is 0 Å². The molecular weight excluding hydrogens is 168 g/mol. The Morgan fingerprint density at radius 3 is 0.929 bits per heavy atom. The highest BCUT2D eigenvalue weighted by atomic mass is 14.4. The van der Waals surface area contributed by atoms with Gasteiger partial charge in [0.2, 0.25) is 0 Å². The van der Waals surface area contributed by atoms with Crippen LogP contribution in [0.3, 0.4) is 0 Å². The summed E-state index contributed by atoms with van der Waals surface area (Å²) in [5.41, 5.74) is 0.859. The topological polar surface area (TPSA) is 0 Å². The molecule has 0 aromatic carbocycles. The summed E-state index contributed by atoms with van der Waals surface area (Å²) in [7, 11) is 0. The zero-order chi connectivity index (χ0) is 11.7. The second kappa shape index (κ2) is 4.24. The number of rotatable bonds is 2. The van der Waals surface area contributed by atoms with Crippen LogP contribution in [0.5, 0.6) is 0 Å². The Kier molecular flexibility index (Phi) is 4.24. The second-order valence-corrected chi connectivity index (χ2v) is 7.17. The van der Waals surface area contributed by atoms with E-state index in [0.29, 0.717) is 10.8 Å². The summed E-state index contributed by atoms with van der Waals surface area (Å²) >= 11 is 0. The molecule has 0 aliphatic carbocycles. The lowest BCUT2D eigenvalue weighted by atomic mass is 9.65. The Balaban J connectivity index is 4.56. The molecule has 0 nitrogen and oxygen atoms in total. The van der Waals surface area contributed by atoms with Gasteiger partial charge >= 0.3 is 0 Å². The van der Waals surface area contributed by atoms with Gasteiger partial charge in [-0.3, -0.25) is 0 Å². The van der Waals surface area contributed by atoms with Crippen LogP contribution in [0.4, 0.5) is 0 Å². The van der Waals surface area contributed by atoms with E-state index in [1.807, 2.05) is 0 Å². The third-order valence-corrected chi connectivity index (χ3v) is 4.31. The summed E-state index contributed by atoms with van der Waals surface area (Å²) in [6.07, 6.45) is 0. The highest BCUT2D eigenvalue weighted by Gasteiger charge is 2.33. The third kappa shape index (κ3) is 3.63. The molecular formula is C14H30. The molecule has 86 valence electrons. The van der Waals surface area contributed by atoms with Crippen molar-refractivity contribution in [2.24, 2.45) is 28.6 Å². The van der Waals surface area contributed by atoms with Crippen LogP contribution in [0.1, 0.15) is 62.3 Å². The number of hydrogen-bond donors (Lipinski definition) is 0. The predicted molar refractivity (Wildman–Crippen MR) is 66.4 cm³/mol. The van der Waals surface area contributed by atoms with Gasteiger partial charge in [0.05, 0.1) is 0 Å². The van der Waals surface area contributed by atoms with Crippen LogP contribution < -0.4 is 0 Å². The van der Waals surface area contributed by atoms with E-state index >= 15 is 0 Å². The van der Waals surface area contributed by atoms with Gasteiger partial charge < -0.3 is 0 Å². The molecule has 0 bridgehead atoms. The Bertz CT molecular complexity index is 145. The van der Waals surface area contributed by atoms with Gasteiger partial charge in [0.15, 0.2) is 0 Å². The molecule has 0 rings (SSSR count).